The Labute approximate surface area is 112 Å². The number of hydrogen-bond donors (Lipinski definition) is 1. The summed E-state index contributed by atoms with van der Waals surface area (Å²) >= 11 is 0. The molecule has 0 saturated carbocycles. The van der Waals surface area contributed by atoms with Gasteiger partial charge >= 0.3 is 0 Å². The summed E-state index contributed by atoms with van der Waals surface area (Å²) in [6.07, 6.45) is 12.9. The van der Waals surface area contributed by atoms with Crippen LogP contribution in [0.1, 0.15) is 64.0 Å². The summed E-state index contributed by atoms with van der Waals surface area (Å²) in [5.74, 6) is 0. The molecule has 18 heavy (non-hydrogen) atoms. The van der Waals surface area contributed by atoms with Gasteiger partial charge in [-0.1, -0.05) is 51.9 Å². The number of hydrogen-bond acceptors (Lipinski definition) is 2. The molecule has 0 aliphatic heterocycles. The second-order valence-corrected chi connectivity index (χ2v) is 5.09. The first-order valence-corrected chi connectivity index (χ1v) is 7.49. The minimum absolute atomic E-state index is 1.08. The first kappa shape index (κ1) is 15.0. The third-order valence-electron chi connectivity index (χ3n) is 3.26. The van der Waals surface area contributed by atoms with Crippen LogP contribution in [0.15, 0.2) is 18.3 Å². The van der Waals surface area contributed by atoms with E-state index >= 15 is 0 Å². The van der Waals surface area contributed by atoms with Gasteiger partial charge in [-0.15, -0.1) is 0 Å². The molecule has 1 aromatic heterocycles. The van der Waals surface area contributed by atoms with Crippen molar-refractivity contribution in [3.8, 4) is 0 Å². The van der Waals surface area contributed by atoms with Crippen LogP contribution >= 0.6 is 0 Å². The Balaban J connectivity index is 1.92. The van der Waals surface area contributed by atoms with Crippen LogP contribution in [-0.2, 0) is 0 Å². The third kappa shape index (κ3) is 7.31. The SMILES string of the molecule is CCCCCCCCCCNc1ccnc(C)c1. The zero-order valence-electron chi connectivity index (χ0n) is 12.0. The van der Waals surface area contributed by atoms with Crippen LogP contribution in [-0.4, -0.2) is 11.5 Å². The van der Waals surface area contributed by atoms with Crippen LogP contribution in [0.4, 0.5) is 5.69 Å². The first-order valence-electron chi connectivity index (χ1n) is 7.49. The molecule has 2 nitrogen and oxygen atoms in total. The van der Waals surface area contributed by atoms with E-state index in [2.05, 4.69) is 23.3 Å². The van der Waals surface area contributed by atoms with Gasteiger partial charge in [-0.3, -0.25) is 4.98 Å². The number of unbranched alkanes of at least 4 members (excludes halogenated alkanes) is 7. The summed E-state index contributed by atoms with van der Waals surface area (Å²) in [5.41, 5.74) is 2.28. The lowest BCUT2D eigenvalue weighted by Crippen LogP contribution is -2.01. The van der Waals surface area contributed by atoms with Crippen molar-refractivity contribution in [1.82, 2.24) is 4.98 Å². The van der Waals surface area contributed by atoms with Crippen LogP contribution < -0.4 is 5.32 Å². The van der Waals surface area contributed by atoms with Gasteiger partial charge in [0.15, 0.2) is 0 Å². The maximum absolute atomic E-state index is 4.19. The topological polar surface area (TPSA) is 24.9 Å². The van der Waals surface area contributed by atoms with Gasteiger partial charge in [-0.25, -0.2) is 0 Å². The molecule has 0 saturated heterocycles. The van der Waals surface area contributed by atoms with Crippen molar-refractivity contribution in [2.24, 2.45) is 0 Å². The predicted octanol–water partition coefficient (Wildman–Crippen LogP) is 4.94. The van der Waals surface area contributed by atoms with Crippen LogP contribution in [0.25, 0.3) is 0 Å². The summed E-state index contributed by atoms with van der Waals surface area (Å²) in [4.78, 5) is 4.19. The molecule has 1 heterocycles. The molecular formula is C16H28N2. The van der Waals surface area contributed by atoms with E-state index in [-0.39, 0.29) is 0 Å². The highest BCUT2D eigenvalue weighted by molar-refractivity contribution is 5.42. The van der Waals surface area contributed by atoms with Crippen molar-refractivity contribution in [1.29, 1.82) is 0 Å². The highest BCUT2D eigenvalue weighted by atomic mass is 14.9. The minimum Gasteiger partial charge on any atom is -0.385 e. The van der Waals surface area contributed by atoms with Gasteiger partial charge < -0.3 is 5.32 Å². The van der Waals surface area contributed by atoms with Crippen LogP contribution in [0.5, 0.6) is 0 Å². The van der Waals surface area contributed by atoms with E-state index in [0.29, 0.717) is 0 Å². The molecule has 1 aromatic rings. The first-order chi connectivity index (χ1) is 8.83. The molecule has 0 spiro atoms. The largest absolute Gasteiger partial charge is 0.385 e. The molecule has 0 aromatic carbocycles. The number of anilines is 1. The fourth-order valence-corrected chi connectivity index (χ4v) is 2.15. The van der Waals surface area contributed by atoms with E-state index in [1.165, 1.54) is 57.1 Å². The normalized spacial score (nSPS) is 10.6. The molecule has 1 rings (SSSR count). The molecule has 0 aliphatic rings. The van der Waals surface area contributed by atoms with Gasteiger partial charge in [0.1, 0.15) is 0 Å². The Kier molecular flexibility index (Phi) is 8.28. The monoisotopic (exact) mass is 248 g/mol. The fourth-order valence-electron chi connectivity index (χ4n) is 2.15. The average molecular weight is 248 g/mol. The van der Waals surface area contributed by atoms with E-state index < -0.39 is 0 Å². The van der Waals surface area contributed by atoms with Crippen LogP contribution in [0, 0.1) is 6.92 Å². The molecule has 0 bridgehead atoms. The molecular weight excluding hydrogens is 220 g/mol. The van der Waals surface area contributed by atoms with Crippen molar-refractivity contribution < 1.29 is 0 Å². The van der Waals surface area contributed by atoms with Crippen LogP contribution in [0.2, 0.25) is 0 Å². The van der Waals surface area contributed by atoms with E-state index in [1.54, 1.807) is 0 Å². The highest BCUT2D eigenvalue weighted by Crippen LogP contribution is 2.10. The van der Waals surface area contributed by atoms with Crippen molar-refractivity contribution >= 4 is 5.69 Å². The maximum Gasteiger partial charge on any atom is 0.0393 e. The molecule has 0 unspecified atom stereocenters. The minimum atomic E-state index is 1.08. The summed E-state index contributed by atoms with van der Waals surface area (Å²) in [6.45, 7) is 5.38. The number of aryl methyl sites for hydroxylation is 1. The molecule has 2 heteroatoms. The molecule has 0 aliphatic carbocycles. The van der Waals surface area contributed by atoms with E-state index in [9.17, 15) is 0 Å². The Morgan fingerprint density at radius 2 is 1.67 bits per heavy atom. The quantitative estimate of drug-likeness (QED) is 0.593. The molecule has 0 fully saturated rings. The van der Waals surface area contributed by atoms with Gasteiger partial charge in [-0.2, -0.15) is 0 Å². The molecule has 0 atom stereocenters. The number of nitrogens with zero attached hydrogens (tertiary/aromatic N) is 1. The third-order valence-corrected chi connectivity index (χ3v) is 3.26. The van der Waals surface area contributed by atoms with Crippen molar-refractivity contribution in [2.45, 2.75) is 65.2 Å². The maximum atomic E-state index is 4.19. The smallest absolute Gasteiger partial charge is 0.0393 e. The summed E-state index contributed by atoms with van der Waals surface area (Å²) in [6, 6.07) is 4.14. The van der Waals surface area contributed by atoms with Crippen molar-refractivity contribution in [3.05, 3.63) is 24.0 Å². The van der Waals surface area contributed by atoms with E-state index in [4.69, 9.17) is 0 Å². The summed E-state index contributed by atoms with van der Waals surface area (Å²) in [7, 11) is 0. The van der Waals surface area contributed by atoms with Crippen LogP contribution in [0.3, 0.4) is 0 Å². The van der Waals surface area contributed by atoms with Gasteiger partial charge in [0.2, 0.25) is 0 Å². The Morgan fingerprint density at radius 1 is 1.00 bits per heavy atom. The molecule has 0 amide bonds. The second kappa shape index (κ2) is 9.93. The highest BCUT2D eigenvalue weighted by Gasteiger charge is 1.94. The lowest BCUT2D eigenvalue weighted by molar-refractivity contribution is 0.581. The summed E-state index contributed by atoms with van der Waals surface area (Å²) < 4.78 is 0. The van der Waals surface area contributed by atoms with Gasteiger partial charge in [0.25, 0.3) is 0 Å². The lowest BCUT2D eigenvalue weighted by Gasteiger charge is -2.06. The predicted molar refractivity (Wildman–Crippen MR) is 80.1 cm³/mol. The zero-order valence-corrected chi connectivity index (χ0v) is 12.0. The van der Waals surface area contributed by atoms with Gasteiger partial charge in [0, 0.05) is 24.1 Å². The number of aromatic nitrogens is 1. The average Bonchev–Trinajstić information content (AvgIpc) is 2.37. The Hall–Kier alpha value is -1.05. The Morgan fingerprint density at radius 3 is 2.33 bits per heavy atom. The van der Waals surface area contributed by atoms with Crippen molar-refractivity contribution in [2.75, 3.05) is 11.9 Å². The lowest BCUT2D eigenvalue weighted by atomic mass is 10.1. The fraction of sp³-hybridized carbons (Fsp3) is 0.688. The number of rotatable bonds is 10. The van der Waals surface area contributed by atoms with E-state index in [0.717, 1.165) is 12.2 Å². The van der Waals surface area contributed by atoms with E-state index in [1.807, 2.05) is 19.2 Å². The zero-order chi connectivity index (χ0) is 13.1. The second-order valence-electron chi connectivity index (χ2n) is 5.09. The van der Waals surface area contributed by atoms with Gasteiger partial charge in [-0.05, 0) is 25.5 Å². The Bertz CT molecular complexity index is 310. The van der Waals surface area contributed by atoms with Gasteiger partial charge in [0.05, 0.1) is 0 Å². The summed E-state index contributed by atoms with van der Waals surface area (Å²) in [5, 5.41) is 3.46. The molecule has 102 valence electrons. The molecule has 0 radical (unpaired) electrons. The standard InChI is InChI=1S/C16H28N2/c1-3-4-5-6-7-8-9-10-12-18-16-11-13-17-15(2)14-16/h11,13-14H,3-10,12H2,1-2H3,(H,17,18). The van der Waals surface area contributed by atoms with Crippen molar-refractivity contribution in [3.63, 3.8) is 0 Å². The number of pyridine rings is 1. The molecule has 1 N–H and O–H groups in total. The number of nitrogens with one attached hydrogen (secondary N) is 1.